The number of benzene rings is 2. The van der Waals surface area contributed by atoms with Gasteiger partial charge in [-0.15, -0.1) is 0 Å². The second-order valence-corrected chi connectivity index (χ2v) is 5.65. The average molecular weight is 314 g/mol. The smallest absolute Gasteiger partial charge is 0.269 e. The number of amides is 1. The van der Waals surface area contributed by atoms with Gasteiger partial charge in [0, 0.05) is 17.7 Å². The van der Waals surface area contributed by atoms with E-state index in [0.29, 0.717) is 5.56 Å². The molecule has 0 unspecified atom stereocenters. The van der Waals surface area contributed by atoms with Gasteiger partial charge in [0.2, 0.25) is 0 Å². The van der Waals surface area contributed by atoms with E-state index in [4.69, 9.17) is 0 Å². The molecule has 0 saturated carbocycles. The van der Waals surface area contributed by atoms with Crippen LogP contribution in [-0.2, 0) is 0 Å². The van der Waals surface area contributed by atoms with Crippen molar-refractivity contribution in [3.63, 3.8) is 0 Å². The minimum absolute atomic E-state index is 0.0288. The molecule has 0 spiro atoms. The summed E-state index contributed by atoms with van der Waals surface area (Å²) in [7, 11) is 4.04. The molecule has 0 aromatic heterocycles. The molecule has 0 bridgehead atoms. The summed E-state index contributed by atoms with van der Waals surface area (Å²) in [6.45, 7) is 0.739. The number of quaternary nitrogens is 1. The molecule has 0 aliphatic rings. The maximum atomic E-state index is 12.4. The summed E-state index contributed by atoms with van der Waals surface area (Å²) in [5.41, 5.74) is 1.41. The van der Waals surface area contributed by atoms with Crippen molar-refractivity contribution < 1.29 is 14.6 Å². The zero-order chi connectivity index (χ0) is 16.8. The lowest BCUT2D eigenvalue weighted by Gasteiger charge is -2.21. The van der Waals surface area contributed by atoms with Gasteiger partial charge in [0.15, 0.2) is 0 Å². The van der Waals surface area contributed by atoms with Gasteiger partial charge in [0.05, 0.1) is 19.0 Å². The van der Waals surface area contributed by atoms with E-state index in [2.05, 4.69) is 5.32 Å². The van der Waals surface area contributed by atoms with E-state index in [-0.39, 0.29) is 17.6 Å². The molecule has 1 amide bonds. The largest absolute Gasteiger partial charge is 0.340 e. The lowest BCUT2D eigenvalue weighted by atomic mass is 10.1. The summed E-state index contributed by atoms with van der Waals surface area (Å²) in [6.07, 6.45) is 0. The molecule has 0 heterocycles. The molecule has 0 fully saturated rings. The van der Waals surface area contributed by atoms with E-state index in [9.17, 15) is 14.9 Å². The molecule has 0 radical (unpaired) electrons. The Morgan fingerprint density at radius 3 is 2.26 bits per heavy atom. The highest BCUT2D eigenvalue weighted by atomic mass is 16.6. The predicted octanol–water partition coefficient (Wildman–Crippen LogP) is 1.21. The van der Waals surface area contributed by atoms with Crippen LogP contribution in [0.15, 0.2) is 54.6 Å². The van der Waals surface area contributed by atoms with Gasteiger partial charge in [-0.05, 0) is 17.7 Å². The molecular formula is C17H20N3O3+. The average Bonchev–Trinajstić information content (AvgIpc) is 2.54. The molecule has 0 aliphatic carbocycles. The summed E-state index contributed by atoms with van der Waals surface area (Å²) in [5, 5.41) is 13.7. The maximum absolute atomic E-state index is 12.4. The minimum Gasteiger partial charge on any atom is -0.340 e. The number of likely N-dealkylation sites (N-methyl/N-ethyl adjacent to an activating group) is 1. The quantitative estimate of drug-likeness (QED) is 0.621. The molecule has 1 atom stereocenters. The van der Waals surface area contributed by atoms with Crippen molar-refractivity contribution in [2.45, 2.75) is 6.04 Å². The fraction of sp³-hybridized carbons (Fsp3) is 0.235. The van der Waals surface area contributed by atoms with Crippen molar-refractivity contribution in [1.29, 1.82) is 0 Å². The summed E-state index contributed by atoms with van der Waals surface area (Å²) in [5.74, 6) is -0.241. The van der Waals surface area contributed by atoms with Crippen molar-refractivity contribution in [2.24, 2.45) is 0 Å². The number of hydrogen-bond acceptors (Lipinski definition) is 3. The third-order valence-electron chi connectivity index (χ3n) is 3.46. The summed E-state index contributed by atoms with van der Waals surface area (Å²) >= 11 is 0. The van der Waals surface area contributed by atoms with E-state index in [1.807, 2.05) is 44.4 Å². The van der Waals surface area contributed by atoms with Crippen LogP contribution in [0.2, 0.25) is 0 Å². The predicted molar refractivity (Wildman–Crippen MR) is 87.4 cm³/mol. The van der Waals surface area contributed by atoms with Crippen LogP contribution >= 0.6 is 0 Å². The second-order valence-electron chi connectivity index (χ2n) is 5.65. The number of carbonyl (C=O) groups is 1. The first-order valence-corrected chi connectivity index (χ1v) is 7.36. The van der Waals surface area contributed by atoms with E-state index in [1.54, 1.807) is 0 Å². The standard InChI is InChI=1S/C17H19N3O3/c1-19(2)12-16(13-6-4-3-5-7-13)18-17(21)14-8-10-15(11-9-14)20(22)23/h3-11,16H,12H2,1-2H3,(H,18,21)/p+1/t16-/m1/s1. The van der Waals surface area contributed by atoms with Crippen molar-refractivity contribution in [3.05, 3.63) is 75.8 Å². The molecule has 6 heteroatoms. The second kappa shape index (κ2) is 7.51. The van der Waals surface area contributed by atoms with Gasteiger partial charge in [-0.2, -0.15) is 0 Å². The fourth-order valence-electron chi connectivity index (χ4n) is 2.32. The topological polar surface area (TPSA) is 76.7 Å². The summed E-state index contributed by atoms with van der Waals surface area (Å²) in [4.78, 5) is 23.8. The number of carbonyl (C=O) groups excluding carboxylic acids is 1. The molecule has 2 aromatic rings. The number of hydrogen-bond donors (Lipinski definition) is 2. The van der Waals surface area contributed by atoms with Crippen LogP contribution < -0.4 is 10.2 Å². The molecule has 6 nitrogen and oxygen atoms in total. The summed E-state index contributed by atoms with van der Waals surface area (Å²) in [6, 6.07) is 15.2. The number of nitrogens with one attached hydrogen (secondary N) is 2. The molecule has 0 saturated heterocycles. The Labute approximate surface area is 134 Å². The Bertz CT molecular complexity index is 669. The number of rotatable bonds is 6. The Kier molecular flexibility index (Phi) is 5.43. The van der Waals surface area contributed by atoms with Gasteiger partial charge in [-0.3, -0.25) is 14.9 Å². The molecule has 2 aromatic carbocycles. The first-order valence-electron chi connectivity index (χ1n) is 7.36. The zero-order valence-electron chi connectivity index (χ0n) is 13.2. The number of nitro groups is 1. The SMILES string of the molecule is C[NH+](C)C[C@@H](NC(=O)c1ccc([N+](=O)[O-])cc1)c1ccccc1. The van der Waals surface area contributed by atoms with Gasteiger partial charge in [0.25, 0.3) is 11.6 Å². The summed E-state index contributed by atoms with van der Waals surface area (Å²) < 4.78 is 0. The molecule has 2 rings (SSSR count). The monoisotopic (exact) mass is 314 g/mol. The van der Waals surface area contributed by atoms with Crippen LogP contribution in [0.3, 0.4) is 0 Å². The van der Waals surface area contributed by atoms with Gasteiger partial charge >= 0.3 is 0 Å². The van der Waals surface area contributed by atoms with E-state index in [1.165, 1.54) is 29.2 Å². The highest BCUT2D eigenvalue weighted by Gasteiger charge is 2.19. The zero-order valence-corrected chi connectivity index (χ0v) is 13.2. The lowest BCUT2D eigenvalue weighted by molar-refractivity contribution is -0.860. The molecule has 23 heavy (non-hydrogen) atoms. The first kappa shape index (κ1) is 16.6. The van der Waals surface area contributed by atoms with Crippen molar-refractivity contribution in [3.8, 4) is 0 Å². The third-order valence-corrected chi connectivity index (χ3v) is 3.46. The van der Waals surface area contributed by atoms with Crippen LogP contribution in [-0.4, -0.2) is 31.5 Å². The van der Waals surface area contributed by atoms with Crippen molar-refractivity contribution in [2.75, 3.05) is 20.6 Å². The van der Waals surface area contributed by atoms with Gasteiger partial charge in [-0.1, -0.05) is 30.3 Å². The minimum atomic E-state index is -0.482. The number of nitro benzene ring substituents is 1. The first-order chi connectivity index (χ1) is 11.0. The Morgan fingerprint density at radius 1 is 1.13 bits per heavy atom. The van der Waals surface area contributed by atoms with Crippen molar-refractivity contribution >= 4 is 11.6 Å². The van der Waals surface area contributed by atoms with E-state index in [0.717, 1.165) is 12.1 Å². The van der Waals surface area contributed by atoms with Crippen LogP contribution in [0.1, 0.15) is 22.0 Å². The van der Waals surface area contributed by atoms with Crippen LogP contribution in [0, 0.1) is 10.1 Å². The Balaban J connectivity index is 2.15. The van der Waals surface area contributed by atoms with Crippen molar-refractivity contribution in [1.82, 2.24) is 5.32 Å². The number of nitrogens with zero attached hydrogens (tertiary/aromatic N) is 1. The normalized spacial score (nSPS) is 12.0. The maximum Gasteiger partial charge on any atom is 0.269 e. The third kappa shape index (κ3) is 4.62. The molecule has 0 aliphatic heterocycles. The van der Waals surface area contributed by atoms with E-state index < -0.39 is 4.92 Å². The highest BCUT2D eigenvalue weighted by molar-refractivity contribution is 5.94. The fourth-order valence-corrected chi connectivity index (χ4v) is 2.32. The van der Waals surface area contributed by atoms with Crippen LogP contribution in [0.25, 0.3) is 0 Å². The number of non-ortho nitro benzene ring substituents is 1. The molecule has 120 valence electrons. The molecule has 2 N–H and O–H groups in total. The van der Waals surface area contributed by atoms with E-state index >= 15 is 0 Å². The van der Waals surface area contributed by atoms with Crippen LogP contribution in [0.5, 0.6) is 0 Å². The lowest BCUT2D eigenvalue weighted by Crippen LogP contribution is -3.06. The Hall–Kier alpha value is -2.73. The highest BCUT2D eigenvalue weighted by Crippen LogP contribution is 2.14. The van der Waals surface area contributed by atoms with Gasteiger partial charge in [0.1, 0.15) is 12.6 Å². The Morgan fingerprint density at radius 2 is 1.74 bits per heavy atom. The molecular weight excluding hydrogens is 294 g/mol. The van der Waals surface area contributed by atoms with Gasteiger partial charge < -0.3 is 10.2 Å². The van der Waals surface area contributed by atoms with Crippen LogP contribution in [0.4, 0.5) is 5.69 Å². The van der Waals surface area contributed by atoms with Gasteiger partial charge in [-0.25, -0.2) is 0 Å².